The van der Waals surface area contributed by atoms with Crippen LogP contribution in [0.1, 0.15) is 26.8 Å². The second-order valence-corrected chi connectivity index (χ2v) is 10.5. The topological polar surface area (TPSA) is 143 Å². The highest BCUT2D eigenvalue weighted by molar-refractivity contribution is 8.00. The van der Waals surface area contributed by atoms with Crippen LogP contribution in [0.3, 0.4) is 0 Å². The van der Waals surface area contributed by atoms with Gasteiger partial charge in [0.2, 0.25) is 0 Å². The molecule has 0 aromatic carbocycles. The molecule has 4 heterocycles. The van der Waals surface area contributed by atoms with Crippen molar-refractivity contribution in [2.75, 3.05) is 6.61 Å². The molecule has 1 N–H and O–H groups in total. The van der Waals surface area contributed by atoms with Gasteiger partial charge in [-0.25, -0.2) is 4.68 Å². The van der Waals surface area contributed by atoms with Gasteiger partial charge in [-0.2, -0.15) is 0 Å². The molecular weight excluding hydrogens is 544 g/mol. The average molecular weight is 565 g/mol. The summed E-state index contributed by atoms with van der Waals surface area (Å²) in [5.41, 5.74) is 0.0767. The van der Waals surface area contributed by atoms with Gasteiger partial charge in [-0.1, -0.05) is 41.6 Å². The largest absolute Gasteiger partial charge is 0.463 e. The van der Waals surface area contributed by atoms with Crippen molar-refractivity contribution in [3.63, 3.8) is 0 Å². The number of aromatic amines is 1. The van der Waals surface area contributed by atoms with E-state index in [9.17, 15) is 14.4 Å². The fraction of sp³-hybridized carbons (Fsp3) is 0.409. The summed E-state index contributed by atoms with van der Waals surface area (Å²) in [6.07, 6.45) is 1.50. The Kier molecular flexibility index (Phi) is 8.28. The highest BCUT2D eigenvalue weighted by atomic mass is 35.5. The summed E-state index contributed by atoms with van der Waals surface area (Å²) in [5, 5.41) is 10.4. The molecule has 0 spiro atoms. The van der Waals surface area contributed by atoms with E-state index in [1.165, 1.54) is 20.0 Å². The number of thiazole rings is 1. The minimum atomic E-state index is -0.889. The molecule has 5 atom stereocenters. The Balaban J connectivity index is 1.75. The van der Waals surface area contributed by atoms with Gasteiger partial charge in [-0.15, -0.1) is 21.8 Å². The Morgan fingerprint density at radius 3 is 2.81 bits per heavy atom. The molecule has 12 nitrogen and oxygen atoms in total. The standard InChI is InChI=1S/C22H21ClN6O6S2/c1-10-16(8-33-11(2)30)35-21(37-17-5-13(23)6-25-20(17)24-4)19(34-12(3)31)18(10)29-7-14(27-28-29)15-9-36-22(32)26-15/h5-7,9-10,16,18-19,21H,8H2,1-3H3,(H,26,32)/t10-,16?,18?,19-,21+/m0/s1. The number of thioether (sulfide) groups is 1. The van der Waals surface area contributed by atoms with E-state index >= 15 is 0 Å². The third-order valence-electron chi connectivity index (χ3n) is 5.55. The molecule has 37 heavy (non-hydrogen) atoms. The number of hydrogen-bond donors (Lipinski definition) is 1. The van der Waals surface area contributed by atoms with Crippen LogP contribution in [0.4, 0.5) is 5.82 Å². The van der Waals surface area contributed by atoms with E-state index in [-0.39, 0.29) is 23.2 Å². The number of nitrogens with zero attached hydrogens (tertiary/aromatic N) is 5. The van der Waals surface area contributed by atoms with E-state index < -0.39 is 35.6 Å². The van der Waals surface area contributed by atoms with E-state index in [2.05, 4.69) is 25.1 Å². The molecule has 1 saturated heterocycles. The number of hydrogen-bond acceptors (Lipinski definition) is 11. The number of H-pyrrole nitrogens is 1. The van der Waals surface area contributed by atoms with Crippen LogP contribution in [0, 0.1) is 12.5 Å². The van der Waals surface area contributed by atoms with Crippen molar-refractivity contribution in [2.24, 2.45) is 5.92 Å². The highest BCUT2D eigenvalue weighted by Gasteiger charge is 2.48. The quantitative estimate of drug-likeness (QED) is 0.334. The smallest absolute Gasteiger partial charge is 0.304 e. The summed E-state index contributed by atoms with van der Waals surface area (Å²) in [7, 11) is 0. The third-order valence-corrected chi connectivity index (χ3v) is 7.60. The number of halogens is 1. The van der Waals surface area contributed by atoms with Crippen molar-refractivity contribution >= 4 is 52.5 Å². The van der Waals surface area contributed by atoms with E-state index in [0.29, 0.717) is 21.3 Å². The van der Waals surface area contributed by atoms with Gasteiger partial charge >= 0.3 is 16.8 Å². The van der Waals surface area contributed by atoms with Crippen molar-refractivity contribution in [1.29, 1.82) is 0 Å². The maximum absolute atomic E-state index is 12.2. The first-order valence-electron chi connectivity index (χ1n) is 10.9. The Labute approximate surface area is 224 Å². The number of pyridine rings is 1. The van der Waals surface area contributed by atoms with E-state index in [4.69, 9.17) is 32.4 Å². The van der Waals surface area contributed by atoms with Crippen LogP contribution in [0.2, 0.25) is 5.02 Å². The molecule has 2 unspecified atom stereocenters. The second-order valence-electron chi connectivity index (χ2n) is 8.12. The molecule has 0 aliphatic carbocycles. The van der Waals surface area contributed by atoms with Gasteiger partial charge in [0.1, 0.15) is 23.9 Å². The lowest BCUT2D eigenvalue weighted by Crippen LogP contribution is -2.52. The summed E-state index contributed by atoms with van der Waals surface area (Å²) in [4.78, 5) is 45.7. The minimum Gasteiger partial charge on any atom is -0.463 e. The maximum Gasteiger partial charge on any atom is 0.304 e. The molecule has 0 bridgehead atoms. The lowest BCUT2D eigenvalue weighted by atomic mass is 9.89. The number of aromatic nitrogens is 5. The number of carbonyl (C=O) groups excluding carboxylic acids is 2. The van der Waals surface area contributed by atoms with Crippen molar-refractivity contribution in [3.05, 3.63) is 49.9 Å². The van der Waals surface area contributed by atoms with Crippen LogP contribution < -0.4 is 4.87 Å². The molecule has 3 aromatic heterocycles. The van der Waals surface area contributed by atoms with Crippen LogP contribution in [-0.2, 0) is 23.8 Å². The summed E-state index contributed by atoms with van der Waals surface area (Å²) < 4.78 is 18.8. The molecule has 15 heteroatoms. The first kappa shape index (κ1) is 26.8. The minimum absolute atomic E-state index is 0.0558. The van der Waals surface area contributed by atoms with Gasteiger partial charge in [0.05, 0.1) is 29.1 Å². The zero-order valence-corrected chi connectivity index (χ0v) is 22.2. The summed E-state index contributed by atoms with van der Waals surface area (Å²) in [6, 6.07) is 0.973. The fourth-order valence-corrected chi connectivity index (χ4v) is 5.90. The lowest BCUT2D eigenvalue weighted by Gasteiger charge is -2.44. The van der Waals surface area contributed by atoms with Crippen molar-refractivity contribution in [2.45, 2.75) is 49.4 Å². The predicted octanol–water partition coefficient (Wildman–Crippen LogP) is 3.48. The number of rotatable bonds is 7. The van der Waals surface area contributed by atoms with E-state index in [1.807, 2.05) is 6.92 Å². The van der Waals surface area contributed by atoms with Crippen LogP contribution in [0.25, 0.3) is 16.2 Å². The number of carbonyl (C=O) groups is 2. The SMILES string of the molecule is [C-]#[N+]c1ncc(Cl)cc1S[C@H]1OC(COC(C)=O)[C@H](C)C(n2cc(-c3csc(=O)[nH]3)nn2)[C@@H]1OC(C)=O. The Bertz CT molecular complexity index is 1400. The van der Waals surface area contributed by atoms with Gasteiger partial charge in [0.15, 0.2) is 6.10 Å². The first-order chi connectivity index (χ1) is 17.7. The second kappa shape index (κ2) is 11.4. The number of ether oxygens (including phenoxy) is 3. The van der Waals surface area contributed by atoms with Crippen LogP contribution >= 0.6 is 34.7 Å². The molecule has 0 radical (unpaired) electrons. The Hall–Kier alpha value is -3.25. The molecule has 194 valence electrons. The molecule has 4 rings (SSSR count). The van der Waals surface area contributed by atoms with Crippen molar-refractivity contribution < 1.29 is 23.8 Å². The lowest BCUT2D eigenvalue weighted by molar-refractivity contribution is -0.185. The van der Waals surface area contributed by atoms with Gasteiger partial charge in [-0.05, 0) is 6.07 Å². The van der Waals surface area contributed by atoms with Crippen LogP contribution in [0.5, 0.6) is 0 Å². The molecule has 0 saturated carbocycles. The first-order valence-corrected chi connectivity index (χ1v) is 13.1. The van der Waals surface area contributed by atoms with Crippen molar-refractivity contribution in [3.8, 4) is 11.4 Å². The normalized spacial score (nSPS) is 23.3. The summed E-state index contributed by atoms with van der Waals surface area (Å²) in [5.74, 6) is -1.28. The molecule has 1 fully saturated rings. The van der Waals surface area contributed by atoms with Crippen LogP contribution in [0.15, 0.2) is 33.5 Å². The summed E-state index contributed by atoms with van der Waals surface area (Å²) in [6.45, 7) is 11.8. The maximum atomic E-state index is 12.2. The highest BCUT2D eigenvalue weighted by Crippen LogP contribution is 2.44. The molecule has 3 aromatic rings. The molecule has 1 aliphatic rings. The van der Waals surface area contributed by atoms with Gasteiger partial charge in [0, 0.05) is 30.0 Å². The molecule has 1 aliphatic heterocycles. The Morgan fingerprint density at radius 1 is 1.38 bits per heavy atom. The van der Waals surface area contributed by atoms with Gasteiger partial charge in [0.25, 0.3) is 5.82 Å². The zero-order valence-electron chi connectivity index (χ0n) is 19.8. The van der Waals surface area contributed by atoms with E-state index in [1.54, 1.807) is 22.3 Å². The molecule has 0 amide bonds. The van der Waals surface area contributed by atoms with Crippen molar-refractivity contribution in [1.82, 2.24) is 25.0 Å². The number of nitrogens with one attached hydrogen (secondary N) is 1. The van der Waals surface area contributed by atoms with E-state index in [0.717, 1.165) is 23.1 Å². The predicted molar refractivity (Wildman–Crippen MR) is 134 cm³/mol. The van der Waals surface area contributed by atoms with Gasteiger partial charge in [-0.3, -0.25) is 14.4 Å². The third kappa shape index (κ3) is 6.19. The van der Waals surface area contributed by atoms with Crippen LogP contribution in [-0.4, -0.2) is 61.2 Å². The number of esters is 2. The van der Waals surface area contributed by atoms with Gasteiger partial charge < -0.3 is 24.0 Å². The monoisotopic (exact) mass is 564 g/mol. The fourth-order valence-electron chi connectivity index (χ4n) is 3.91. The molecular formula is C22H21ClN6O6S2. The summed E-state index contributed by atoms with van der Waals surface area (Å²) >= 11 is 8.24. The average Bonchev–Trinajstić information content (AvgIpc) is 3.49. The Morgan fingerprint density at radius 2 is 2.16 bits per heavy atom. The zero-order chi connectivity index (χ0) is 26.7.